The third-order valence-corrected chi connectivity index (χ3v) is 4.07. The first-order valence-electron chi connectivity index (χ1n) is 8.00. The van der Waals surface area contributed by atoms with Crippen LogP contribution in [0.2, 0.25) is 0 Å². The van der Waals surface area contributed by atoms with Gasteiger partial charge in [-0.1, -0.05) is 0 Å². The predicted octanol–water partition coefficient (Wildman–Crippen LogP) is 2.89. The van der Waals surface area contributed by atoms with Crippen LogP contribution in [0, 0.1) is 12.8 Å². The van der Waals surface area contributed by atoms with Gasteiger partial charge in [0.05, 0.1) is 12.3 Å². The zero-order valence-electron chi connectivity index (χ0n) is 13.7. The normalized spacial score (nSPS) is 16.1. The molecule has 134 valence electrons. The summed E-state index contributed by atoms with van der Waals surface area (Å²) < 4.78 is 43.9. The van der Waals surface area contributed by atoms with Gasteiger partial charge in [-0.15, -0.1) is 5.10 Å². The number of piperidine rings is 1. The van der Waals surface area contributed by atoms with Crippen LogP contribution in [-0.4, -0.2) is 39.9 Å². The minimum atomic E-state index is -4.46. The van der Waals surface area contributed by atoms with E-state index in [4.69, 9.17) is 4.74 Å². The van der Waals surface area contributed by atoms with Crippen molar-refractivity contribution in [2.45, 2.75) is 25.9 Å². The molecule has 1 saturated heterocycles. The van der Waals surface area contributed by atoms with E-state index in [0.717, 1.165) is 30.8 Å². The van der Waals surface area contributed by atoms with Gasteiger partial charge in [0.2, 0.25) is 11.8 Å². The number of hydrogen-bond acceptors (Lipinski definition) is 6. The number of aryl methyl sites for hydroxylation is 1. The molecule has 25 heavy (non-hydrogen) atoms. The maximum absolute atomic E-state index is 12.7. The van der Waals surface area contributed by atoms with E-state index in [9.17, 15) is 13.2 Å². The molecule has 0 bridgehead atoms. The third-order valence-electron chi connectivity index (χ3n) is 4.07. The highest BCUT2D eigenvalue weighted by Crippen LogP contribution is 2.29. The second kappa shape index (κ2) is 7.20. The maximum Gasteiger partial charge on any atom is 0.433 e. The minimum absolute atomic E-state index is 0.124. The molecule has 9 heteroatoms. The van der Waals surface area contributed by atoms with Crippen molar-refractivity contribution in [2.75, 3.05) is 24.6 Å². The summed E-state index contributed by atoms with van der Waals surface area (Å²) in [6, 6.07) is 4.48. The smallest absolute Gasteiger partial charge is 0.433 e. The van der Waals surface area contributed by atoms with Crippen molar-refractivity contribution in [3.8, 4) is 5.88 Å². The van der Waals surface area contributed by atoms with E-state index in [1.807, 2.05) is 13.0 Å². The quantitative estimate of drug-likeness (QED) is 0.842. The Morgan fingerprint density at radius 3 is 2.56 bits per heavy atom. The molecule has 0 atom stereocenters. The van der Waals surface area contributed by atoms with Crippen molar-refractivity contribution in [2.24, 2.45) is 5.92 Å². The molecule has 3 rings (SSSR count). The molecule has 0 unspecified atom stereocenters. The van der Waals surface area contributed by atoms with Crippen LogP contribution >= 0.6 is 0 Å². The first kappa shape index (κ1) is 17.4. The lowest BCUT2D eigenvalue weighted by Crippen LogP contribution is -2.36. The SMILES string of the molecule is Cc1ccc(OCC2CCN(c3nccc(C(F)(F)F)n3)CC2)nn1. The molecular formula is C16H18F3N5O. The molecule has 2 aromatic rings. The molecule has 2 aromatic heterocycles. The van der Waals surface area contributed by atoms with Gasteiger partial charge in [0.1, 0.15) is 5.69 Å². The largest absolute Gasteiger partial charge is 0.476 e. The molecule has 0 amide bonds. The average molecular weight is 353 g/mol. The number of halogens is 3. The molecule has 6 nitrogen and oxygen atoms in total. The molecule has 3 heterocycles. The van der Waals surface area contributed by atoms with E-state index in [1.54, 1.807) is 11.0 Å². The summed E-state index contributed by atoms with van der Waals surface area (Å²) in [4.78, 5) is 9.38. The first-order valence-corrected chi connectivity index (χ1v) is 8.00. The van der Waals surface area contributed by atoms with E-state index in [1.165, 1.54) is 0 Å². The number of ether oxygens (including phenoxy) is 1. The van der Waals surface area contributed by atoms with Gasteiger partial charge in [0, 0.05) is 25.4 Å². The van der Waals surface area contributed by atoms with Gasteiger partial charge in [0.25, 0.3) is 0 Å². The highest BCUT2D eigenvalue weighted by molar-refractivity contribution is 5.31. The van der Waals surface area contributed by atoms with Crippen molar-refractivity contribution in [1.82, 2.24) is 20.2 Å². The lowest BCUT2D eigenvalue weighted by Gasteiger charge is -2.31. The molecule has 1 aliphatic heterocycles. The Morgan fingerprint density at radius 2 is 1.92 bits per heavy atom. The van der Waals surface area contributed by atoms with E-state index < -0.39 is 11.9 Å². The van der Waals surface area contributed by atoms with Crippen LogP contribution in [0.1, 0.15) is 24.2 Å². The molecule has 0 spiro atoms. The van der Waals surface area contributed by atoms with Crippen LogP contribution in [0.3, 0.4) is 0 Å². The fourth-order valence-electron chi connectivity index (χ4n) is 2.63. The van der Waals surface area contributed by atoms with Crippen molar-refractivity contribution in [1.29, 1.82) is 0 Å². The molecule has 1 aliphatic rings. The van der Waals surface area contributed by atoms with Crippen LogP contribution in [0.4, 0.5) is 19.1 Å². The van der Waals surface area contributed by atoms with Crippen LogP contribution < -0.4 is 9.64 Å². The Hall–Kier alpha value is -2.45. The second-order valence-electron chi connectivity index (χ2n) is 5.99. The summed E-state index contributed by atoms with van der Waals surface area (Å²) in [5.41, 5.74) is -0.0948. The summed E-state index contributed by atoms with van der Waals surface area (Å²) in [6.07, 6.45) is -1.73. The lowest BCUT2D eigenvalue weighted by molar-refractivity contribution is -0.141. The Labute approximate surface area is 143 Å². The van der Waals surface area contributed by atoms with E-state index in [-0.39, 0.29) is 5.95 Å². The standard InChI is InChI=1S/C16H18F3N5O/c1-11-2-3-14(23-22-11)25-10-12-5-8-24(9-6-12)15-20-7-4-13(21-15)16(17,18)19/h2-4,7,12H,5-6,8-10H2,1H3. The number of aromatic nitrogens is 4. The van der Waals surface area contributed by atoms with Gasteiger partial charge in [-0.05, 0) is 37.8 Å². The summed E-state index contributed by atoms with van der Waals surface area (Å²) in [5.74, 6) is 0.915. The molecule has 0 saturated carbocycles. The fourth-order valence-corrected chi connectivity index (χ4v) is 2.63. The number of hydrogen-bond donors (Lipinski definition) is 0. The average Bonchev–Trinajstić information content (AvgIpc) is 2.61. The summed E-state index contributed by atoms with van der Waals surface area (Å²) >= 11 is 0. The zero-order valence-corrected chi connectivity index (χ0v) is 13.7. The van der Waals surface area contributed by atoms with Gasteiger partial charge in [-0.25, -0.2) is 9.97 Å². The first-order chi connectivity index (χ1) is 11.9. The van der Waals surface area contributed by atoms with Crippen LogP contribution in [-0.2, 0) is 6.18 Å². The van der Waals surface area contributed by atoms with Crippen molar-refractivity contribution >= 4 is 5.95 Å². The monoisotopic (exact) mass is 353 g/mol. The molecule has 1 fully saturated rings. The van der Waals surface area contributed by atoms with Crippen LogP contribution in [0.5, 0.6) is 5.88 Å². The van der Waals surface area contributed by atoms with Crippen molar-refractivity contribution in [3.63, 3.8) is 0 Å². The maximum atomic E-state index is 12.7. The Balaban J connectivity index is 1.52. The number of anilines is 1. The number of alkyl halides is 3. The van der Waals surface area contributed by atoms with Gasteiger partial charge in [-0.2, -0.15) is 18.3 Å². The Morgan fingerprint density at radius 1 is 1.16 bits per heavy atom. The molecule has 0 radical (unpaired) electrons. The van der Waals surface area contributed by atoms with Gasteiger partial charge in [0.15, 0.2) is 0 Å². The topological polar surface area (TPSA) is 64.0 Å². The third kappa shape index (κ3) is 4.55. The van der Waals surface area contributed by atoms with Gasteiger partial charge < -0.3 is 9.64 Å². The fraction of sp³-hybridized carbons (Fsp3) is 0.500. The lowest BCUT2D eigenvalue weighted by atomic mass is 9.98. The summed E-state index contributed by atoms with van der Waals surface area (Å²) in [5, 5.41) is 7.88. The van der Waals surface area contributed by atoms with Crippen LogP contribution in [0.25, 0.3) is 0 Å². The molecule has 0 aromatic carbocycles. The molecule has 0 N–H and O–H groups in total. The summed E-state index contributed by atoms with van der Waals surface area (Å²) in [7, 11) is 0. The highest BCUT2D eigenvalue weighted by atomic mass is 19.4. The van der Waals surface area contributed by atoms with Gasteiger partial charge >= 0.3 is 6.18 Å². The van der Waals surface area contributed by atoms with E-state index >= 15 is 0 Å². The molecule has 0 aliphatic carbocycles. The van der Waals surface area contributed by atoms with E-state index in [0.29, 0.717) is 31.5 Å². The minimum Gasteiger partial charge on any atom is -0.476 e. The predicted molar refractivity (Wildman–Crippen MR) is 84.2 cm³/mol. The number of nitrogens with zero attached hydrogens (tertiary/aromatic N) is 5. The van der Waals surface area contributed by atoms with Gasteiger partial charge in [-0.3, -0.25) is 0 Å². The molecular weight excluding hydrogens is 335 g/mol. The number of rotatable bonds is 4. The Bertz CT molecular complexity index is 700. The van der Waals surface area contributed by atoms with Crippen molar-refractivity contribution < 1.29 is 17.9 Å². The summed E-state index contributed by atoms with van der Waals surface area (Å²) in [6.45, 7) is 3.54. The Kier molecular flexibility index (Phi) is 5.00. The zero-order chi connectivity index (χ0) is 17.9. The van der Waals surface area contributed by atoms with E-state index in [2.05, 4.69) is 20.2 Å². The van der Waals surface area contributed by atoms with Crippen molar-refractivity contribution in [3.05, 3.63) is 35.8 Å². The second-order valence-corrected chi connectivity index (χ2v) is 5.99. The van der Waals surface area contributed by atoms with Crippen LogP contribution in [0.15, 0.2) is 24.4 Å². The highest BCUT2D eigenvalue weighted by Gasteiger charge is 2.33.